The summed E-state index contributed by atoms with van der Waals surface area (Å²) in [6.07, 6.45) is 0. The second-order valence-corrected chi connectivity index (χ2v) is 9.17. The fourth-order valence-electron chi connectivity index (χ4n) is 3.44. The van der Waals surface area contributed by atoms with Crippen molar-refractivity contribution in [3.8, 4) is 11.5 Å². The molecule has 0 spiro atoms. The average Bonchev–Trinajstić information content (AvgIpc) is 2.86. The van der Waals surface area contributed by atoms with Crippen molar-refractivity contribution in [3.63, 3.8) is 0 Å². The number of carbonyl (C=O) groups is 1. The molecule has 0 aliphatic rings. The first kappa shape index (κ1) is 25.4. The van der Waals surface area contributed by atoms with Gasteiger partial charge in [-0.05, 0) is 35.7 Å². The molecule has 0 radical (unpaired) electrons. The summed E-state index contributed by atoms with van der Waals surface area (Å²) in [6, 6.07) is 18.9. The zero-order valence-corrected chi connectivity index (χ0v) is 20.5. The first-order chi connectivity index (χ1) is 17.7. The summed E-state index contributed by atoms with van der Waals surface area (Å²) >= 11 is 0. The molecule has 12 heteroatoms. The number of amides is 1. The lowest BCUT2D eigenvalue weighted by atomic mass is 10.1. The molecule has 4 rings (SSSR count). The zero-order chi connectivity index (χ0) is 26.6. The highest BCUT2D eigenvalue weighted by molar-refractivity contribution is 7.85. The van der Waals surface area contributed by atoms with E-state index < -0.39 is 10.1 Å². The molecule has 188 valence electrons. The van der Waals surface area contributed by atoms with Crippen LogP contribution < -0.4 is 10.1 Å². The van der Waals surface area contributed by atoms with Crippen LogP contribution in [0.5, 0.6) is 11.5 Å². The zero-order valence-electron chi connectivity index (χ0n) is 19.7. The Morgan fingerprint density at radius 2 is 1.65 bits per heavy atom. The summed E-state index contributed by atoms with van der Waals surface area (Å²) in [6.45, 7) is 1.32. The first-order valence-corrected chi connectivity index (χ1v) is 12.2. The molecule has 0 aliphatic carbocycles. The molecule has 0 fully saturated rings. The van der Waals surface area contributed by atoms with Crippen LogP contribution in [0.3, 0.4) is 0 Å². The Kier molecular flexibility index (Phi) is 7.22. The number of rotatable bonds is 7. The van der Waals surface area contributed by atoms with Gasteiger partial charge in [-0.25, -0.2) is 0 Å². The third-order valence-corrected chi connectivity index (χ3v) is 5.98. The smallest absolute Gasteiger partial charge is 0.294 e. The molecule has 4 aromatic carbocycles. The van der Waals surface area contributed by atoms with Gasteiger partial charge in [0.2, 0.25) is 5.91 Å². The maximum absolute atomic E-state index is 11.8. The molecule has 0 bridgehead atoms. The Hall–Kier alpha value is -4.68. The van der Waals surface area contributed by atoms with Crippen molar-refractivity contribution in [1.82, 2.24) is 0 Å². The van der Waals surface area contributed by atoms with Gasteiger partial charge in [0, 0.05) is 18.4 Å². The summed E-state index contributed by atoms with van der Waals surface area (Å²) in [5.74, 6) is -0.191. The minimum Gasteiger partial charge on any atom is -0.506 e. The molecule has 0 heterocycles. The number of nitrogens with zero attached hydrogens (tertiary/aromatic N) is 4. The van der Waals surface area contributed by atoms with E-state index in [4.69, 9.17) is 4.74 Å². The normalized spacial score (nSPS) is 11.9. The molecular formula is C25H21N5O6S. The number of methoxy groups -OCH3 is 1. The van der Waals surface area contributed by atoms with Gasteiger partial charge in [0.15, 0.2) is 0 Å². The fourth-order valence-corrected chi connectivity index (χ4v) is 3.96. The van der Waals surface area contributed by atoms with Gasteiger partial charge < -0.3 is 15.2 Å². The Bertz CT molecular complexity index is 1670. The van der Waals surface area contributed by atoms with E-state index in [-0.39, 0.29) is 50.7 Å². The van der Waals surface area contributed by atoms with E-state index in [9.17, 15) is 22.9 Å². The molecule has 0 aliphatic heterocycles. The first-order valence-electron chi connectivity index (χ1n) is 10.8. The number of carbonyl (C=O) groups excluding carboxylic acids is 1. The Labute approximate surface area is 211 Å². The molecule has 37 heavy (non-hydrogen) atoms. The number of hydrogen-bond donors (Lipinski definition) is 3. The van der Waals surface area contributed by atoms with Gasteiger partial charge in [-0.2, -0.15) is 13.5 Å². The standard InChI is InChI=1S/C25H21N5O6S/c1-15(31)26-20-13-22(29-30-25-19-9-4-3-6-16(19)10-11-23(25)32)24(36-2)14-21(20)28-27-17-7-5-8-18(12-17)37(33,34)35/h3-14,32H,1-2H3,(H,26,31)(H,33,34,35). The highest BCUT2D eigenvalue weighted by Crippen LogP contribution is 2.41. The molecule has 4 aromatic rings. The van der Waals surface area contributed by atoms with Crippen molar-refractivity contribution in [2.24, 2.45) is 20.5 Å². The predicted molar refractivity (Wildman–Crippen MR) is 138 cm³/mol. The summed E-state index contributed by atoms with van der Waals surface area (Å²) in [7, 11) is -3.00. The highest BCUT2D eigenvalue weighted by atomic mass is 32.2. The minimum atomic E-state index is -4.41. The average molecular weight is 520 g/mol. The van der Waals surface area contributed by atoms with Gasteiger partial charge >= 0.3 is 0 Å². The van der Waals surface area contributed by atoms with E-state index in [1.54, 1.807) is 6.07 Å². The van der Waals surface area contributed by atoms with Crippen molar-refractivity contribution in [2.45, 2.75) is 11.8 Å². The second kappa shape index (κ2) is 10.5. The maximum atomic E-state index is 11.8. The van der Waals surface area contributed by atoms with E-state index >= 15 is 0 Å². The third-order valence-electron chi connectivity index (χ3n) is 5.13. The number of aromatic hydroxyl groups is 1. The number of anilines is 1. The van der Waals surface area contributed by atoms with Gasteiger partial charge in [0.25, 0.3) is 10.1 Å². The molecule has 0 aromatic heterocycles. The Morgan fingerprint density at radius 3 is 2.38 bits per heavy atom. The lowest BCUT2D eigenvalue weighted by molar-refractivity contribution is -0.114. The highest BCUT2D eigenvalue weighted by Gasteiger charge is 2.14. The van der Waals surface area contributed by atoms with Crippen LogP contribution in [0.25, 0.3) is 10.8 Å². The van der Waals surface area contributed by atoms with Crippen LogP contribution in [0.4, 0.5) is 28.4 Å². The number of hydrogen-bond acceptors (Lipinski definition) is 9. The Balaban J connectivity index is 1.76. The monoisotopic (exact) mass is 519 g/mol. The van der Waals surface area contributed by atoms with E-state index in [1.165, 1.54) is 50.4 Å². The molecular weight excluding hydrogens is 498 g/mol. The maximum Gasteiger partial charge on any atom is 0.294 e. The molecule has 0 saturated heterocycles. The van der Waals surface area contributed by atoms with E-state index in [0.717, 1.165) is 11.5 Å². The topological polar surface area (TPSA) is 162 Å². The minimum absolute atomic E-state index is 0.0546. The number of ether oxygens (including phenoxy) is 1. The lowest BCUT2D eigenvalue weighted by Crippen LogP contribution is -2.05. The fraction of sp³-hybridized carbons (Fsp3) is 0.0800. The molecule has 0 saturated carbocycles. The largest absolute Gasteiger partial charge is 0.506 e. The van der Waals surface area contributed by atoms with Crippen molar-refractivity contribution >= 4 is 55.2 Å². The number of fused-ring (bicyclic) bond motifs is 1. The van der Waals surface area contributed by atoms with Gasteiger partial charge in [-0.3, -0.25) is 9.35 Å². The SMILES string of the molecule is COc1cc(N=Nc2cccc(S(=O)(=O)O)c2)c(NC(C)=O)cc1N=Nc1c(O)ccc2ccccc12. The van der Waals surface area contributed by atoms with Crippen LogP contribution in [-0.4, -0.2) is 31.1 Å². The van der Waals surface area contributed by atoms with Crippen molar-refractivity contribution < 1.29 is 27.6 Å². The summed E-state index contributed by atoms with van der Waals surface area (Å²) in [5, 5.41) is 31.2. The number of phenols is 1. The molecule has 3 N–H and O–H groups in total. The van der Waals surface area contributed by atoms with Gasteiger partial charge in [-0.1, -0.05) is 36.4 Å². The predicted octanol–water partition coefficient (Wildman–Crippen LogP) is 6.59. The van der Waals surface area contributed by atoms with E-state index in [2.05, 4.69) is 25.8 Å². The van der Waals surface area contributed by atoms with Crippen LogP contribution in [0.1, 0.15) is 6.92 Å². The lowest BCUT2D eigenvalue weighted by Gasteiger charge is -2.11. The van der Waals surface area contributed by atoms with Gasteiger partial charge in [0.1, 0.15) is 28.6 Å². The van der Waals surface area contributed by atoms with Gasteiger partial charge in [-0.15, -0.1) is 15.3 Å². The quantitative estimate of drug-likeness (QED) is 0.184. The Morgan fingerprint density at radius 1 is 0.892 bits per heavy atom. The molecule has 11 nitrogen and oxygen atoms in total. The summed E-state index contributed by atoms with van der Waals surface area (Å²) in [5.41, 5.74) is 1.09. The molecule has 0 unspecified atom stereocenters. The van der Waals surface area contributed by atoms with E-state index in [1.807, 2.05) is 24.3 Å². The van der Waals surface area contributed by atoms with Crippen molar-refractivity contribution in [3.05, 3.63) is 72.8 Å². The third kappa shape index (κ3) is 5.94. The molecule has 0 atom stereocenters. The van der Waals surface area contributed by atoms with Gasteiger partial charge in [0.05, 0.1) is 23.4 Å². The number of phenolic OH excluding ortho intramolecular Hbond substituents is 1. The molecule has 1 amide bonds. The number of nitrogens with one attached hydrogen (secondary N) is 1. The van der Waals surface area contributed by atoms with Crippen LogP contribution >= 0.6 is 0 Å². The number of azo groups is 2. The van der Waals surface area contributed by atoms with Crippen LogP contribution in [-0.2, 0) is 14.9 Å². The van der Waals surface area contributed by atoms with Crippen molar-refractivity contribution in [2.75, 3.05) is 12.4 Å². The number of benzene rings is 4. The summed E-state index contributed by atoms with van der Waals surface area (Å²) < 4.78 is 37.5. The summed E-state index contributed by atoms with van der Waals surface area (Å²) in [4.78, 5) is 11.5. The second-order valence-electron chi connectivity index (χ2n) is 7.75. The van der Waals surface area contributed by atoms with Crippen LogP contribution in [0.15, 0.2) is 98.1 Å². The van der Waals surface area contributed by atoms with Crippen LogP contribution in [0, 0.1) is 0 Å². The van der Waals surface area contributed by atoms with E-state index in [0.29, 0.717) is 5.39 Å². The van der Waals surface area contributed by atoms with Crippen molar-refractivity contribution in [1.29, 1.82) is 0 Å². The van der Waals surface area contributed by atoms with Crippen LogP contribution in [0.2, 0.25) is 0 Å².